The fourth-order valence-electron chi connectivity index (χ4n) is 1.66. The Balaban J connectivity index is 2.16. The van der Waals surface area contributed by atoms with Gasteiger partial charge in [-0.05, 0) is 67.8 Å². The first-order valence-electron chi connectivity index (χ1n) is 6.11. The van der Waals surface area contributed by atoms with Crippen LogP contribution in [0.25, 0.3) is 6.08 Å². The molecule has 1 heterocycles. The Bertz CT molecular complexity index is 739. The summed E-state index contributed by atoms with van der Waals surface area (Å²) >= 11 is 6.40. The van der Waals surface area contributed by atoms with Gasteiger partial charge in [0.1, 0.15) is 23.2 Å². The van der Waals surface area contributed by atoms with Crippen molar-refractivity contribution in [1.82, 2.24) is 5.32 Å². The molecule has 0 unspecified atom stereocenters. The minimum absolute atomic E-state index is 0.0453. The highest BCUT2D eigenvalue weighted by atomic mass is 79.9. The lowest BCUT2D eigenvalue weighted by molar-refractivity contribution is -0.117. The van der Waals surface area contributed by atoms with E-state index >= 15 is 0 Å². The standard InChI is InChI=1S/C15H10Br2N2O3/c16-12-5-9(6-13(17)14(12)20)4-10(7-18)15(21)19-8-11-2-1-3-22-11/h1-6,20H,8H2,(H,19,21)/b10-4+. The average Bonchev–Trinajstić information content (AvgIpc) is 3.01. The highest BCUT2D eigenvalue weighted by Gasteiger charge is 2.11. The number of aromatic hydroxyl groups is 1. The van der Waals surface area contributed by atoms with Crippen molar-refractivity contribution in [2.24, 2.45) is 0 Å². The molecule has 0 aliphatic rings. The largest absolute Gasteiger partial charge is 0.506 e. The third-order valence-corrected chi connectivity index (χ3v) is 3.93. The zero-order valence-electron chi connectivity index (χ0n) is 11.1. The number of phenols is 1. The van der Waals surface area contributed by atoms with E-state index in [0.29, 0.717) is 20.3 Å². The minimum atomic E-state index is -0.501. The molecule has 1 aromatic carbocycles. The maximum Gasteiger partial charge on any atom is 0.262 e. The monoisotopic (exact) mass is 424 g/mol. The number of halogens is 2. The van der Waals surface area contributed by atoms with Gasteiger partial charge in [-0.3, -0.25) is 4.79 Å². The highest BCUT2D eigenvalue weighted by Crippen LogP contribution is 2.33. The van der Waals surface area contributed by atoms with Crippen LogP contribution in [-0.2, 0) is 11.3 Å². The van der Waals surface area contributed by atoms with Crippen molar-refractivity contribution in [2.75, 3.05) is 0 Å². The molecule has 2 aromatic rings. The van der Waals surface area contributed by atoms with E-state index in [-0.39, 0.29) is 17.9 Å². The van der Waals surface area contributed by atoms with Crippen LogP contribution in [0.2, 0.25) is 0 Å². The number of nitriles is 1. The zero-order chi connectivity index (χ0) is 16.1. The molecule has 0 bridgehead atoms. The molecule has 0 aliphatic heterocycles. The number of carbonyl (C=O) groups is 1. The van der Waals surface area contributed by atoms with Gasteiger partial charge in [0.25, 0.3) is 5.91 Å². The number of phenolic OH excluding ortho intramolecular Hbond substituents is 1. The van der Waals surface area contributed by atoms with Crippen LogP contribution in [0.1, 0.15) is 11.3 Å². The van der Waals surface area contributed by atoms with Crippen LogP contribution in [0.3, 0.4) is 0 Å². The van der Waals surface area contributed by atoms with Crippen LogP contribution >= 0.6 is 31.9 Å². The molecule has 0 spiro atoms. The van der Waals surface area contributed by atoms with Gasteiger partial charge >= 0.3 is 0 Å². The number of amides is 1. The lowest BCUT2D eigenvalue weighted by Gasteiger charge is -2.04. The molecule has 2 rings (SSSR count). The van der Waals surface area contributed by atoms with Crippen LogP contribution in [0.5, 0.6) is 5.75 Å². The molecule has 2 N–H and O–H groups in total. The maximum atomic E-state index is 12.0. The van der Waals surface area contributed by atoms with E-state index in [4.69, 9.17) is 9.68 Å². The number of hydrogen-bond acceptors (Lipinski definition) is 4. The first-order valence-corrected chi connectivity index (χ1v) is 7.70. The molecular weight excluding hydrogens is 416 g/mol. The summed E-state index contributed by atoms with van der Waals surface area (Å²) in [5.74, 6) is 0.151. The molecule has 0 atom stereocenters. The van der Waals surface area contributed by atoms with Crippen LogP contribution in [0.4, 0.5) is 0 Å². The molecule has 0 radical (unpaired) electrons. The Kier molecular flexibility index (Phi) is 5.41. The molecule has 0 fully saturated rings. The van der Waals surface area contributed by atoms with Gasteiger partial charge in [-0.25, -0.2) is 0 Å². The molecule has 112 valence electrons. The van der Waals surface area contributed by atoms with Gasteiger partial charge in [0.15, 0.2) is 0 Å². The van der Waals surface area contributed by atoms with Gasteiger partial charge in [0.05, 0.1) is 21.8 Å². The van der Waals surface area contributed by atoms with Crippen LogP contribution in [0.15, 0.2) is 49.5 Å². The van der Waals surface area contributed by atoms with Gasteiger partial charge < -0.3 is 14.8 Å². The Morgan fingerprint density at radius 3 is 2.64 bits per heavy atom. The van der Waals surface area contributed by atoms with Crippen molar-refractivity contribution < 1.29 is 14.3 Å². The molecular formula is C15H10Br2N2O3. The molecule has 0 saturated heterocycles. The summed E-state index contributed by atoms with van der Waals surface area (Å²) in [5, 5.41) is 21.4. The van der Waals surface area contributed by atoms with E-state index in [0.717, 1.165) is 0 Å². The summed E-state index contributed by atoms with van der Waals surface area (Å²) in [6.45, 7) is 0.202. The van der Waals surface area contributed by atoms with E-state index in [1.165, 1.54) is 12.3 Å². The van der Waals surface area contributed by atoms with Gasteiger partial charge in [0, 0.05) is 0 Å². The van der Waals surface area contributed by atoms with Gasteiger partial charge in [-0.15, -0.1) is 0 Å². The Morgan fingerprint density at radius 1 is 1.41 bits per heavy atom. The SMILES string of the molecule is N#C/C(=C\c1cc(Br)c(O)c(Br)c1)C(=O)NCc1ccco1. The van der Waals surface area contributed by atoms with Crippen molar-refractivity contribution in [3.8, 4) is 11.8 Å². The average molecular weight is 426 g/mol. The van der Waals surface area contributed by atoms with E-state index < -0.39 is 5.91 Å². The maximum absolute atomic E-state index is 12.0. The van der Waals surface area contributed by atoms with E-state index in [1.54, 1.807) is 24.3 Å². The summed E-state index contributed by atoms with van der Waals surface area (Å²) in [7, 11) is 0. The fourth-order valence-corrected chi connectivity index (χ4v) is 2.88. The van der Waals surface area contributed by atoms with E-state index in [2.05, 4.69) is 37.2 Å². The molecule has 1 amide bonds. The topological polar surface area (TPSA) is 86.3 Å². The van der Waals surface area contributed by atoms with Crippen molar-refractivity contribution in [2.45, 2.75) is 6.54 Å². The minimum Gasteiger partial charge on any atom is -0.506 e. The highest BCUT2D eigenvalue weighted by molar-refractivity contribution is 9.11. The van der Waals surface area contributed by atoms with Crippen molar-refractivity contribution in [3.05, 3.63) is 56.4 Å². The summed E-state index contributed by atoms with van der Waals surface area (Å²) in [6.07, 6.45) is 2.94. The Labute approximate surface area is 143 Å². The number of nitrogens with one attached hydrogen (secondary N) is 1. The Hall–Kier alpha value is -2.04. The van der Waals surface area contributed by atoms with Crippen molar-refractivity contribution >= 4 is 43.8 Å². The molecule has 7 heteroatoms. The van der Waals surface area contributed by atoms with Gasteiger partial charge in [-0.2, -0.15) is 5.26 Å². The first kappa shape index (κ1) is 16.3. The van der Waals surface area contributed by atoms with Crippen LogP contribution in [-0.4, -0.2) is 11.0 Å². The lowest BCUT2D eigenvalue weighted by atomic mass is 10.1. The van der Waals surface area contributed by atoms with Gasteiger partial charge in [0.2, 0.25) is 0 Å². The molecule has 1 aromatic heterocycles. The second kappa shape index (κ2) is 7.29. The number of rotatable bonds is 4. The number of carbonyl (C=O) groups excluding carboxylic acids is 1. The second-order valence-corrected chi connectivity index (χ2v) is 5.97. The fraction of sp³-hybridized carbons (Fsp3) is 0.0667. The van der Waals surface area contributed by atoms with Crippen molar-refractivity contribution in [1.29, 1.82) is 5.26 Å². The number of nitrogens with zero attached hydrogens (tertiary/aromatic N) is 1. The predicted molar refractivity (Wildman–Crippen MR) is 87.7 cm³/mol. The summed E-state index contributed by atoms with van der Waals surface area (Å²) < 4.78 is 6.02. The van der Waals surface area contributed by atoms with E-state index in [9.17, 15) is 9.90 Å². The third-order valence-electron chi connectivity index (χ3n) is 2.72. The van der Waals surface area contributed by atoms with E-state index in [1.807, 2.05) is 6.07 Å². The Morgan fingerprint density at radius 2 is 2.09 bits per heavy atom. The smallest absolute Gasteiger partial charge is 0.262 e. The predicted octanol–water partition coefficient (Wildman–Crippen LogP) is 3.73. The first-order chi connectivity index (χ1) is 10.5. The molecule has 0 saturated carbocycles. The summed E-state index contributed by atoms with van der Waals surface area (Å²) in [4.78, 5) is 12.0. The van der Waals surface area contributed by atoms with Crippen LogP contribution in [0, 0.1) is 11.3 Å². The molecule has 22 heavy (non-hydrogen) atoms. The lowest BCUT2D eigenvalue weighted by Crippen LogP contribution is -2.23. The number of hydrogen-bond donors (Lipinski definition) is 2. The summed E-state index contributed by atoms with van der Waals surface area (Å²) in [5.41, 5.74) is 0.553. The number of furan rings is 1. The number of benzene rings is 1. The molecule has 0 aliphatic carbocycles. The second-order valence-electron chi connectivity index (χ2n) is 4.27. The van der Waals surface area contributed by atoms with Crippen LogP contribution < -0.4 is 5.32 Å². The van der Waals surface area contributed by atoms with Crippen molar-refractivity contribution in [3.63, 3.8) is 0 Å². The van der Waals surface area contributed by atoms with Gasteiger partial charge in [-0.1, -0.05) is 0 Å². The third kappa shape index (κ3) is 4.00. The molecule has 5 nitrogen and oxygen atoms in total. The normalized spacial score (nSPS) is 11.0. The quantitative estimate of drug-likeness (QED) is 0.577. The zero-order valence-corrected chi connectivity index (χ0v) is 14.3. The summed E-state index contributed by atoms with van der Waals surface area (Å²) in [6, 6.07) is 8.52.